The molecule has 1 heterocycles. The molecular weight excluding hydrogens is 413 g/mol. The Bertz CT molecular complexity index is 773. The number of ether oxygens (including phenoxy) is 1. The number of hydrogen-bond donors (Lipinski definition) is 2. The Morgan fingerprint density at radius 2 is 2.11 bits per heavy atom. The number of thiocarbonyl (C=S) groups is 1. The lowest BCUT2D eigenvalue weighted by Crippen LogP contribution is -2.60. The lowest BCUT2D eigenvalue weighted by Gasteiger charge is -2.36. The van der Waals surface area contributed by atoms with Crippen molar-refractivity contribution in [2.45, 2.75) is 32.4 Å². The van der Waals surface area contributed by atoms with Crippen LogP contribution in [0.2, 0.25) is 10.0 Å². The van der Waals surface area contributed by atoms with Crippen molar-refractivity contribution >= 4 is 58.3 Å². The summed E-state index contributed by atoms with van der Waals surface area (Å²) in [6.07, 6.45) is -0.474. The number of benzene rings is 1. The van der Waals surface area contributed by atoms with Crippen LogP contribution in [0, 0.1) is 0 Å². The van der Waals surface area contributed by atoms with Gasteiger partial charge in [0.1, 0.15) is 6.04 Å². The second-order valence-electron chi connectivity index (χ2n) is 6.13. The average Bonchev–Trinajstić information content (AvgIpc) is 2.55. The summed E-state index contributed by atoms with van der Waals surface area (Å²) in [6, 6.07) is 3.59. The minimum atomic E-state index is -0.863. The highest BCUT2D eigenvalue weighted by Crippen LogP contribution is 2.21. The van der Waals surface area contributed by atoms with Gasteiger partial charge >= 0.3 is 5.97 Å². The Morgan fingerprint density at radius 1 is 1.41 bits per heavy atom. The maximum absolute atomic E-state index is 12.4. The maximum atomic E-state index is 12.4. The van der Waals surface area contributed by atoms with E-state index in [0.29, 0.717) is 18.1 Å². The molecular formula is C17H19Cl2N3O4S. The predicted octanol–water partition coefficient (Wildman–Crippen LogP) is 2.15. The third-order valence-electron chi connectivity index (χ3n) is 3.72. The fourth-order valence-corrected chi connectivity index (χ4v) is 3.35. The van der Waals surface area contributed by atoms with Crippen molar-refractivity contribution in [1.82, 2.24) is 15.5 Å². The van der Waals surface area contributed by atoms with Crippen LogP contribution < -0.4 is 10.6 Å². The minimum absolute atomic E-state index is 0.0308. The zero-order chi connectivity index (χ0) is 20.1. The molecule has 10 heteroatoms. The molecule has 1 aromatic carbocycles. The molecule has 1 aliphatic rings. The van der Waals surface area contributed by atoms with E-state index in [1.165, 1.54) is 23.1 Å². The summed E-state index contributed by atoms with van der Waals surface area (Å²) >= 11 is 17.1. The molecule has 2 amide bonds. The first-order valence-corrected chi connectivity index (χ1v) is 9.39. The summed E-state index contributed by atoms with van der Waals surface area (Å²) in [5.41, 5.74) is 0.195. The summed E-state index contributed by atoms with van der Waals surface area (Å²) in [4.78, 5) is 38.1. The van der Waals surface area contributed by atoms with Gasteiger partial charge in [-0.15, -0.1) is 0 Å². The molecule has 7 nitrogen and oxygen atoms in total. The molecule has 146 valence electrons. The van der Waals surface area contributed by atoms with E-state index in [1.54, 1.807) is 13.8 Å². The van der Waals surface area contributed by atoms with Crippen LogP contribution in [0.25, 0.3) is 0 Å². The van der Waals surface area contributed by atoms with Crippen molar-refractivity contribution in [3.05, 3.63) is 33.8 Å². The number of esters is 1. The number of hydrogen-bond acceptors (Lipinski definition) is 5. The van der Waals surface area contributed by atoms with Gasteiger partial charge in [0.05, 0.1) is 23.1 Å². The van der Waals surface area contributed by atoms with Crippen LogP contribution in [0.3, 0.4) is 0 Å². The normalized spacial score (nSPS) is 16.7. The van der Waals surface area contributed by atoms with Crippen molar-refractivity contribution in [2.75, 3.05) is 13.1 Å². The van der Waals surface area contributed by atoms with E-state index in [4.69, 9.17) is 40.2 Å². The zero-order valence-electron chi connectivity index (χ0n) is 14.8. The summed E-state index contributed by atoms with van der Waals surface area (Å²) in [5.74, 6) is -1.41. The standard InChI is InChI=1S/C17H19Cl2N3O4S/c1-9(2)26-14(23)8-13-16(25)20-5-6-22(13)17(27)21-15(24)11-4-3-10(18)7-12(11)19/h3-4,7,9,13H,5-6,8H2,1-2H3,(H,20,25)(H,21,24,27)/t13-/m1/s1. The SMILES string of the molecule is CC(C)OC(=O)C[C@@H]1C(=O)NCCN1C(=S)NC(=O)c1ccc(Cl)cc1Cl. The molecule has 2 N–H and O–H groups in total. The van der Waals surface area contributed by atoms with Crippen molar-refractivity contribution in [3.8, 4) is 0 Å². The van der Waals surface area contributed by atoms with Gasteiger partial charge in [-0.2, -0.15) is 0 Å². The Balaban J connectivity index is 2.10. The number of halogens is 2. The highest BCUT2D eigenvalue weighted by atomic mass is 35.5. The van der Waals surface area contributed by atoms with Gasteiger partial charge in [-0.1, -0.05) is 23.2 Å². The summed E-state index contributed by atoms with van der Waals surface area (Å²) < 4.78 is 5.10. The number of carbonyl (C=O) groups is 3. The largest absolute Gasteiger partial charge is 0.463 e. The Kier molecular flexibility index (Phi) is 7.41. The smallest absolute Gasteiger partial charge is 0.308 e. The van der Waals surface area contributed by atoms with Gasteiger partial charge in [0.15, 0.2) is 5.11 Å². The first kappa shape index (κ1) is 21.4. The fraction of sp³-hybridized carbons (Fsp3) is 0.412. The van der Waals surface area contributed by atoms with Gasteiger partial charge in [0, 0.05) is 18.1 Å². The average molecular weight is 432 g/mol. The molecule has 1 saturated heterocycles. The Morgan fingerprint density at radius 3 is 2.74 bits per heavy atom. The van der Waals surface area contributed by atoms with E-state index < -0.39 is 17.9 Å². The van der Waals surface area contributed by atoms with Crippen LogP contribution >= 0.6 is 35.4 Å². The lowest BCUT2D eigenvalue weighted by atomic mass is 10.1. The van der Waals surface area contributed by atoms with E-state index in [2.05, 4.69) is 10.6 Å². The minimum Gasteiger partial charge on any atom is -0.463 e. The van der Waals surface area contributed by atoms with Gasteiger partial charge in [0.2, 0.25) is 5.91 Å². The van der Waals surface area contributed by atoms with Gasteiger partial charge in [-0.3, -0.25) is 19.7 Å². The number of rotatable bonds is 4. The second kappa shape index (κ2) is 9.34. The monoisotopic (exact) mass is 431 g/mol. The molecule has 1 aliphatic heterocycles. The molecule has 0 bridgehead atoms. The second-order valence-corrected chi connectivity index (χ2v) is 7.36. The quantitative estimate of drug-likeness (QED) is 0.560. The van der Waals surface area contributed by atoms with Gasteiger partial charge in [-0.05, 0) is 44.3 Å². The van der Waals surface area contributed by atoms with E-state index in [9.17, 15) is 14.4 Å². The van der Waals surface area contributed by atoms with Crippen molar-refractivity contribution in [3.63, 3.8) is 0 Å². The molecule has 2 rings (SSSR count). The van der Waals surface area contributed by atoms with Gasteiger partial charge in [0.25, 0.3) is 5.91 Å². The van der Waals surface area contributed by atoms with E-state index in [0.717, 1.165) is 0 Å². The van der Waals surface area contributed by atoms with Crippen LogP contribution in [0.15, 0.2) is 18.2 Å². The fourth-order valence-electron chi connectivity index (χ4n) is 2.54. The van der Waals surface area contributed by atoms with Crippen LogP contribution in [-0.2, 0) is 14.3 Å². The Labute approximate surface area is 172 Å². The number of carbonyl (C=O) groups excluding carboxylic acids is 3. The molecule has 0 radical (unpaired) electrons. The molecule has 1 aromatic rings. The van der Waals surface area contributed by atoms with Crippen LogP contribution in [0.5, 0.6) is 0 Å². The number of piperazine rings is 1. The number of nitrogens with one attached hydrogen (secondary N) is 2. The number of nitrogens with zero attached hydrogens (tertiary/aromatic N) is 1. The van der Waals surface area contributed by atoms with E-state index >= 15 is 0 Å². The predicted molar refractivity (Wildman–Crippen MR) is 106 cm³/mol. The first-order chi connectivity index (χ1) is 12.7. The third-order valence-corrected chi connectivity index (χ3v) is 4.60. The summed E-state index contributed by atoms with van der Waals surface area (Å²) in [6.45, 7) is 4.12. The molecule has 27 heavy (non-hydrogen) atoms. The lowest BCUT2D eigenvalue weighted by molar-refractivity contribution is -0.150. The molecule has 1 fully saturated rings. The molecule has 0 unspecified atom stereocenters. The van der Waals surface area contributed by atoms with Crippen molar-refractivity contribution in [2.24, 2.45) is 0 Å². The van der Waals surface area contributed by atoms with Crippen molar-refractivity contribution in [1.29, 1.82) is 0 Å². The van der Waals surface area contributed by atoms with E-state index in [1.807, 2.05) is 0 Å². The van der Waals surface area contributed by atoms with Crippen LogP contribution in [0.1, 0.15) is 30.6 Å². The molecule has 0 aromatic heterocycles. The topological polar surface area (TPSA) is 87.7 Å². The summed E-state index contributed by atoms with van der Waals surface area (Å²) in [5, 5.41) is 5.84. The Hall–Kier alpha value is -1.90. The van der Waals surface area contributed by atoms with Gasteiger partial charge in [-0.25, -0.2) is 0 Å². The summed E-state index contributed by atoms with van der Waals surface area (Å²) in [7, 11) is 0. The third kappa shape index (κ3) is 5.79. The molecule has 1 atom stereocenters. The van der Waals surface area contributed by atoms with Crippen molar-refractivity contribution < 1.29 is 19.1 Å². The first-order valence-electron chi connectivity index (χ1n) is 8.23. The molecule has 0 saturated carbocycles. The highest BCUT2D eigenvalue weighted by molar-refractivity contribution is 7.80. The molecule has 0 spiro atoms. The zero-order valence-corrected chi connectivity index (χ0v) is 17.1. The van der Waals surface area contributed by atoms with Gasteiger partial charge < -0.3 is 15.0 Å². The molecule has 0 aliphatic carbocycles. The highest BCUT2D eigenvalue weighted by Gasteiger charge is 2.34. The number of amides is 2. The van der Waals surface area contributed by atoms with E-state index in [-0.39, 0.29) is 34.1 Å². The van der Waals surface area contributed by atoms with Crippen LogP contribution in [-0.4, -0.2) is 53.0 Å². The maximum Gasteiger partial charge on any atom is 0.308 e. The van der Waals surface area contributed by atoms with Crippen LogP contribution in [0.4, 0.5) is 0 Å².